The predicted octanol–water partition coefficient (Wildman–Crippen LogP) is 4.89. The second-order valence-electron chi connectivity index (χ2n) is 7.52. The van der Waals surface area contributed by atoms with Crippen LogP contribution in [0.1, 0.15) is 39.5 Å². The number of fused-ring (bicyclic) bond motifs is 3. The molecule has 32 heavy (non-hydrogen) atoms. The zero-order valence-electron chi connectivity index (χ0n) is 16.6. The van der Waals surface area contributed by atoms with Crippen molar-refractivity contribution in [1.82, 2.24) is 19.6 Å². The van der Waals surface area contributed by atoms with Crippen molar-refractivity contribution < 1.29 is 9.72 Å². The van der Waals surface area contributed by atoms with Gasteiger partial charge in [-0.05, 0) is 35.6 Å². The van der Waals surface area contributed by atoms with Gasteiger partial charge in [-0.25, -0.2) is 4.98 Å². The first-order valence-electron chi connectivity index (χ1n) is 9.87. The number of nitro benzene ring substituents is 1. The Morgan fingerprint density at radius 1 is 1.12 bits per heavy atom. The van der Waals surface area contributed by atoms with E-state index in [1.165, 1.54) is 23.9 Å². The Kier molecular flexibility index (Phi) is 5.36. The highest BCUT2D eigenvalue weighted by molar-refractivity contribution is 7.98. The smallest absolute Gasteiger partial charge is 0.269 e. The van der Waals surface area contributed by atoms with Gasteiger partial charge in [-0.2, -0.15) is 9.50 Å². The third-order valence-electron chi connectivity index (χ3n) is 5.47. The molecular formula is C22H16ClN5O3S. The van der Waals surface area contributed by atoms with E-state index in [1.807, 2.05) is 24.3 Å². The largest absolute Gasteiger partial charge is 0.294 e. The van der Waals surface area contributed by atoms with Crippen LogP contribution in [0, 0.1) is 10.1 Å². The molecule has 2 aromatic carbocycles. The average Bonchev–Trinajstić information content (AvgIpc) is 3.22. The fraction of sp³-hybridized carbons (Fsp3) is 0.182. The molecule has 1 atom stereocenters. The van der Waals surface area contributed by atoms with Crippen LogP contribution in [0.25, 0.3) is 5.78 Å². The molecule has 0 N–H and O–H groups in total. The Bertz CT molecular complexity index is 1340. The van der Waals surface area contributed by atoms with Crippen LogP contribution in [0.3, 0.4) is 0 Å². The van der Waals surface area contributed by atoms with Crippen molar-refractivity contribution in [2.24, 2.45) is 0 Å². The second-order valence-corrected chi connectivity index (χ2v) is 8.90. The van der Waals surface area contributed by atoms with E-state index >= 15 is 0 Å². The number of aromatic nitrogens is 4. The molecule has 0 saturated heterocycles. The van der Waals surface area contributed by atoms with E-state index in [9.17, 15) is 14.9 Å². The Morgan fingerprint density at radius 2 is 1.88 bits per heavy atom. The minimum absolute atomic E-state index is 0.0381. The fourth-order valence-electron chi connectivity index (χ4n) is 3.82. The van der Waals surface area contributed by atoms with Gasteiger partial charge in [0.05, 0.1) is 16.2 Å². The third kappa shape index (κ3) is 3.96. The topological polar surface area (TPSA) is 103 Å². The van der Waals surface area contributed by atoms with Gasteiger partial charge in [0.25, 0.3) is 11.5 Å². The summed E-state index contributed by atoms with van der Waals surface area (Å²) >= 11 is 7.42. The molecule has 160 valence electrons. The first-order valence-corrected chi connectivity index (χ1v) is 11.2. The van der Waals surface area contributed by atoms with Gasteiger partial charge in [0.2, 0.25) is 5.16 Å². The van der Waals surface area contributed by atoms with Gasteiger partial charge in [-0.3, -0.25) is 14.9 Å². The summed E-state index contributed by atoms with van der Waals surface area (Å²) in [5.41, 5.74) is 3.43. The van der Waals surface area contributed by atoms with E-state index in [4.69, 9.17) is 11.6 Å². The van der Waals surface area contributed by atoms with Crippen molar-refractivity contribution in [2.45, 2.75) is 29.7 Å². The fourth-order valence-corrected chi connectivity index (χ4v) is 4.72. The molecule has 2 aromatic heterocycles. The second kappa shape index (κ2) is 8.33. The van der Waals surface area contributed by atoms with Gasteiger partial charge >= 0.3 is 0 Å². The molecule has 0 amide bonds. The number of carbonyl (C=O) groups excluding carboxylic acids is 1. The highest BCUT2D eigenvalue weighted by atomic mass is 35.5. The molecule has 10 heteroatoms. The van der Waals surface area contributed by atoms with Crippen LogP contribution in [0.4, 0.5) is 5.69 Å². The summed E-state index contributed by atoms with van der Waals surface area (Å²) in [6.07, 6.45) is 2.65. The molecule has 5 rings (SSSR count). The molecule has 0 spiro atoms. The number of hydrogen-bond acceptors (Lipinski definition) is 7. The number of non-ortho nitro benzene ring substituents is 1. The van der Waals surface area contributed by atoms with Crippen LogP contribution >= 0.6 is 23.4 Å². The number of benzene rings is 2. The molecule has 0 saturated carbocycles. The standard InChI is InChI=1S/C22H16ClN5O3S/c23-16-5-3-14(4-6-16)15-9-19-18(20(29)10-15)11-24-21-25-22(26-27(19)21)32-12-13-1-7-17(8-2-13)28(30)31/h1-8,11,15H,9-10,12H2. The van der Waals surface area contributed by atoms with E-state index in [-0.39, 0.29) is 17.4 Å². The van der Waals surface area contributed by atoms with Crippen molar-refractivity contribution in [3.05, 3.63) is 92.2 Å². The van der Waals surface area contributed by atoms with Gasteiger partial charge < -0.3 is 0 Å². The lowest BCUT2D eigenvalue weighted by Crippen LogP contribution is -2.22. The number of halogens is 1. The highest BCUT2D eigenvalue weighted by Crippen LogP contribution is 2.33. The number of Topliss-reactive ketones (excluding diaryl/α,β-unsaturated/α-hetero) is 1. The third-order valence-corrected chi connectivity index (χ3v) is 6.64. The summed E-state index contributed by atoms with van der Waals surface area (Å²) in [4.78, 5) is 32.0. The van der Waals surface area contributed by atoms with E-state index < -0.39 is 4.92 Å². The Labute approximate surface area is 191 Å². The molecule has 8 nitrogen and oxygen atoms in total. The predicted molar refractivity (Wildman–Crippen MR) is 120 cm³/mol. The molecule has 4 aromatic rings. The van der Waals surface area contributed by atoms with Gasteiger partial charge in [0.1, 0.15) is 0 Å². The van der Waals surface area contributed by atoms with Gasteiger partial charge in [-0.15, -0.1) is 5.10 Å². The van der Waals surface area contributed by atoms with Crippen LogP contribution in [0.15, 0.2) is 59.9 Å². The summed E-state index contributed by atoms with van der Waals surface area (Å²) in [7, 11) is 0. The zero-order chi connectivity index (χ0) is 22.2. The molecule has 0 aliphatic heterocycles. The van der Waals surface area contributed by atoms with Gasteiger partial charge in [-0.1, -0.05) is 47.6 Å². The maximum Gasteiger partial charge on any atom is 0.269 e. The Balaban J connectivity index is 1.40. The number of carbonyl (C=O) groups is 1. The number of rotatable bonds is 5. The highest BCUT2D eigenvalue weighted by Gasteiger charge is 2.29. The minimum Gasteiger partial charge on any atom is -0.294 e. The molecule has 0 radical (unpaired) electrons. The summed E-state index contributed by atoms with van der Waals surface area (Å²) < 4.78 is 1.66. The van der Waals surface area contributed by atoms with Crippen LogP contribution in [-0.4, -0.2) is 30.3 Å². The van der Waals surface area contributed by atoms with E-state index in [2.05, 4.69) is 15.1 Å². The average molecular weight is 466 g/mol. The van der Waals surface area contributed by atoms with Crippen LogP contribution < -0.4 is 0 Å². The SMILES string of the molecule is O=C1CC(c2ccc(Cl)cc2)Cc2c1cnc1nc(SCc3ccc([N+](=O)[O-])cc3)nn21. The molecule has 1 unspecified atom stereocenters. The number of hydrogen-bond donors (Lipinski definition) is 0. The summed E-state index contributed by atoms with van der Waals surface area (Å²) in [6, 6.07) is 14.0. The number of nitrogens with zero attached hydrogens (tertiary/aromatic N) is 5. The summed E-state index contributed by atoms with van der Waals surface area (Å²) in [5.74, 6) is 1.08. The minimum atomic E-state index is -0.423. The molecule has 0 bridgehead atoms. The lowest BCUT2D eigenvalue weighted by atomic mass is 9.82. The maximum absolute atomic E-state index is 12.8. The van der Waals surface area contributed by atoms with E-state index in [1.54, 1.807) is 22.8 Å². The molecular weight excluding hydrogens is 450 g/mol. The van der Waals surface area contributed by atoms with Gasteiger partial charge in [0.15, 0.2) is 5.78 Å². The van der Waals surface area contributed by atoms with Crippen molar-refractivity contribution >= 4 is 40.6 Å². The van der Waals surface area contributed by atoms with E-state index in [0.717, 1.165) is 16.8 Å². The monoisotopic (exact) mass is 465 g/mol. The number of ketones is 1. The lowest BCUT2D eigenvalue weighted by molar-refractivity contribution is -0.384. The Morgan fingerprint density at radius 3 is 2.59 bits per heavy atom. The van der Waals surface area contributed by atoms with Crippen molar-refractivity contribution in [2.75, 3.05) is 0 Å². The van der Waals surface area contributed by atoms with Crippen LogP contribution in [-0.2, 0) is 12.2 Å². The summed E-state index contributed by atoms with van der Waals surface area (Å²) in [5, 5.41) is 16.6. The lowest BCUT2D eigenvalue weighted by Gasteiger charge is -2.23. The van der Waals surface area contributed by atoms with Crippen LogP contribution in [0.5, 0.6) is 0 Å². The summed E-state index contributed by atoms with van der Waals surface area (Å²) in [6.45, 7) is 0. The quantitative estimate of drug-likeness (QED) is 0.235. The molecule has 0 fully saturated rings. The van der Waals surface area contributed by atoms with Gasteiger partial charge in [0, 0.05) is 35.5 Å². The number of thioether (sulfide) groups is 1. The first-order chi connectivity index (χ1) is 15.5. The van der Waals surface area contributed by atoms with Crippen molar-refractivity contribution in [3.8, 4) is 0 Å². The zero-order valence-corrected chi connectivity index (χ0v) is 18.2. The molecule has 1 aliphatic rings. The first kappa shape index (κ1) is 20.6. The Hall–Kier alpha value is -3.30. The van der Waals surface area contributed by atoms with Crippen LogP contribution in [0.2, 0.25) is 5.02 Å². The molecule has 1 aliphatic carbocycles. The normalized spacial score (nSPS) is 15.7. The van der Waals surface area contributed by atoms with E-state index in [0.29, 0.717) is 40.1 Å². The molecule has 2 heterocycles. The maximum atomic E-state index is 12.8. The van der Waals surface area contributed by atoms with Crippen molar-refractivity contribution in [3.63, 3.8) is 0 Å². The van der Waals surface area contributed by atoms with Crippen molar-refractivity contribution in [1.29, 1.82) is 0 Å². The number of nitro groups is 1.